The molecule has 2 atom stereocenters. The van der Waals surface area contributed by atoms with Crippen LogP contribution in [0.25, 0.3) is 0 Å². The van der Waals surface area contributed by atoms with Crippen LogP contribution < -0.4 is 10.6 Å². The lowest BCUT2D eigenvalue weighted by Gasteiger charge is -2.26. The molecule has 1 unspecified atom stereocenters. The number of benzene rings is 1. The predicted octanol–water partition coefficient (Wildman–Crippen LogP) is 0.679. The SMILES string of the molecule is O=C(NC1CCc2ccccc2C1)N[C@@H](CCO)C(=O)O. The molecular weight excluding hydrogens is 272 g/mol. The number of carboxylic acids is 1. The van der Waals surface area contributed by atoms with Crippen LogP contribution in [0.5, 0.6) is 0 Å². The molecule has 1 aliphatic rings. The van der Waals surface area contributed by atoms with Crippen molar-refractivity contribution in [2.24, 2.45) is 0 Å². The third-order valence-electron chi connectivity index (χ3n) is 3.70. The molecule has 0 heterocycles. The third-order valence-corrected chi connectivity index (χ3v) is 3.70. The van der Waals surface area contributed by atoms with E-state index in [0.717, 1.165) is 19.3 Å². The van der Waals surface area contributed by atoms with Crippen LogP contribution in [0.2, 0.25) is 0 Å². The van der Waals surface area contributed by atoms with Crippen molar-refractivity contribution in [1.82, 2.24) is 10.6 Å². The van der Waals surface area contributed by atoms with Crippen molar-refractivity contribution in [3.8, 4) is 0 Å². The number of carbonyl (C=O) groups excluding carboxylic acids is 1. The number of urea groups is 1. The van der Waals surface area contributed by atoms with E-state index in [0.29, 0.717) is 0 Å². The van der Waals surface area contributed by atoms with Gasteiger partial charge in [-0.25, -0.2) is 9.59 Å². The lowest BCUT2D eigenvalue weighted by atomic mass is 9.88. The van der Waals surface area contributed by atoms with E-state index in [4.69, 9.17) is 10.2 Å². The molecule has 1 aliphatic carbocycles. The van der Waals surface area contributed by atoms with E-state index in [2.05, 4.69) is 16.7 Å². The van der Waals surface area contributed by atoms with Crippen LogP contribution in [-0.2, 0) is 17.6 Å². The van der Waals surface area contributed by atoms with Crippen LogP contribution in [0, 0.1) is 0 Å². The van der Waals surface area contributed by atoms with Gasteiger partial charge < -0.3 is 20.8 Å². The van der Waals surface area contributed by atoms with E-state index < -0.39 is 18.0 Å². The second-order valence-corrected chi connectivity index (χ2v) is 5.23. The van der Waals surface area contributed by atoms with E-state index in [-0.39, 0.29) is 19.1 Å². The highest BCUT2D eigenvalue weighted by Crippen LogP contribution is 2.20. The monoisotopic (exact) mass is 292 g/mol. The summed E-state index contributed by atoms with van der Waals surface area (Å²) >= 11 is 0. The predicted molar refractivity (Wildman–Crippen MR) is 77.0 cm³/mol. The molecule has 0 aliphatic heterocycles. The fraction of sp³-hybridized carbons (Fsp3) is 0.467. The van der Waals surface area contributed by atoms with Crippen LogP contribution in [-0.4, -0.2) is 40.9 Å². The molecule has 114 valence electrons. The van der Waals surface area contributed by atoms with Crippen molar-refractivity contribution in [3.05, 3.63) is 35.4 Å². The number of aryl methyl sites for hydroxylation is 1. The normalized spacial score (nSPS) is 18.4. The largest absolute Gasteiger partial charge is 0.480 e. The van der Waals surface area contributed by atoms with Gasteiger partial charge in [0, 0.05) is 19.1 Å². The number of aliphatic carboxylic acids is 1. The summed E-state index contributed by atoms with van der Waals surface area (Å²) in [6.45, 7) is -0.284. The van der Waals surface area contributed by atoms with Crippen LogP contribution in [0.15, 0.2) is 24.3 Å². The maximum absolute atomic E-state index is 11.8. The number of aliphatic hydroxyl groups excluding tert-OH is 1. The summed E-state index contributed by atoms with van der Waals surface area (Å²) in [4.78, 5) is 22.8. The molecule has 1 aromatic rings. The molecule has 0 bridgehead atoms. The summed E-state index contributed by atoms with van der Waals surface area (Å²) in [7, 11) is 0. The van der Waals surface area contributed by atoms with Crippen LogP contribution in [0.4, 0.5) is 4.79 Å². The van der Waals surface area contributed by atoms with Gasteiger partial charge in [-0.05, 0) is 30.4 Å². The number of carboxylic acid groups (broad SMARTS) is 1. The number of carbonyl (C=O) groups is 2. The fourth-order valence-electron chi connectivity index (χ4n) is 2.59. The van der Waals surface area contributed by atoms with E-state index in [1.807, 2.05) is 18.2 Å². The lowest BCUT2D eigenvalue weighted by molar-refractivity contribution is -0.139. The Morgan fingerprint density at radius 3 is 2.67 bits per heavy atom. The van der Waals surface area contributed by atoms with Crippen molar-refractivity contribution in [3.63, 3.8) is 0 Å². The number of rotatable bonds is 5. The minimum absolute atomic E-state index is 0.00321. The highest BCUT2D eigenvalue weighted by atomic mass is 16.4. The van der Waals surface area contributed by atoms with Crippen LogP contribution in [0.3, 0.4) is 0 Å². The fourth-order valence-corrected chi connectivity index (χ4v) is 2.59. The maximum atomic E-state index is 11.8. The Balaban J connectivity index is 1.88. The maximum Gasteiger partial charge on any atom is 0.326 e. The molecule has 6 heteroatoms. The first-order valence-electron chi connectivity index (χ1n) is 7.07. The zero-order valence-electron chi connectivity index (χ0n) is 11.7. The highest BCUT2D eigenvalue weighted by Gasteiger charge is 2.23. The van der Waals surface area contributed by atoms with Gasteiger partial charge in [-0.1, -0.05) is 24.3 Å². The molecule has 21 heavy (non-hydrogen) atoms. The number of hydrogen-bond donors (Lipinski definition) is 4. The zero-order valence-corrected chi connectivity index (χ0v) is 11.7. The highest BCUT2D eigenvalue weighted by molar-refractivity contribution is 5.82. The summed E-state index contributed by atoms with van der Waals surface area (Å²) in [6, 6.07) is 6.56. The Labute approximate surface area is 123 Å². The van der Waals surface area contributed by atoms with Crippen LogP contribution in [0.1, 0.15) is 24.0 Å². The molecule has 0 spiro atoms. The first-order valence-corrected chi connectivity index (χ1v) is 7.07. The van der Waals surface area contributed by atoms with Crippen molar-refractivity contribution in [2.45, 2.75) is 37.8 Å². The van der Waals surface area contributed by atoms with Gasteiger partial charge in [0.2, 0.25) is 0 Å². The molecular formula is C15H20N2O4. The van der Waals surface area contributed by atoms with Gasteiger partial charge >= 0.3 is 12.0 Å². The number of hydrogen-bond acceptors (Lipinski definition) is 3. The summed E-state index contributed by atoms with van der Waals surface area (Å²) in [5.41, 5.74) is 2.53. The molecule has 0 aromatic heterocycles. The number of aliphatic hydroxyl groups is 1. The number of nitrogens with one attached hydrogen (secondary N) is 2. The Hall–Kier alpha value is -2.08. The van der Waals surface area contributed by atoms with Gasteiger partial charge in [0.1, 0.15) is 6.04 Å². The smallest absolute Gasteiger partial charge is 0.326 e. The number of fused-ring (bicyclic) bond motifs is 1. The van der Waals surface area contributed by atoms with Gasteiger partial charge in [-0.15, -0.1) is 0 Å². The molecule has 0 radical (unpaired) electrons. The van der Waals surface area contributed by atoms with Crippen molar-refractivity contribution in [2.75, 3.05) is 6.61 Å². The quantitative estimate of drug-likeness (QED) is 0.641. The summed E-state index contributed by atoms with van der Waals surface area (Å²) < 4.78 is 0. The van der Waals surface area contributed by atoms with Gasteiger partial charge in [0.25, 0.3) is 0 Å². The van der Waals surface area contributed by atoms with E-state index in [9.17, 15) is 9.59 Å². The summed E-state index contributed by atoms with van der Waals surface area (Å²) in [5, 5.41) is 22.9. The second kappa shape index (κ2) is 7.08. The van der Waals surface area contributed by atoms with Gasteiger partial charge in [0.15, 0.2) is 0 Å². The molecule has 4 N–H and O–H groups in total. The molecule has 0 fully saturated rings. The molecule has 0 saturated heterocycles. The number of amides is 2. The molecule has 2 amide bonds. The van der Waals surface area contributed by atoms with Gasteiger partial charge in [-0.2, -0.15) is 0 Å². The van der Waals surface area contributed by atoms with E-state index >= 15 is 0 Å². The summed E-state index contributed by atoms with van der Waals surface area (Å²) in [5.74, 6) is -1.15. The second-order valence-electron chi connectivity index (χ2n) is 5.23. The van der Waals surface area contributed by atoms with E-state index in [1.165, 1.54) is 11.1 Å². The van der Waals surface area contributed by atoms with Crippen molar-refractivity contribution >= 4 is 12.0 Å². The van der Waals surface area contributed by atoms with Gasteiger partial charge in [0.05, 0.1) is 0 Å². The molecule has 0 saturated carbocycles. The van der Waals surface area contributed by atoms with E-state index in [1.54, 1.807) is 0 Å². The standard InChI is InChI=1S/C15H20N2O4/c18-8-7-13(14(19)20)17-15(21)16-12-6-5-10-3-1-2-4-11(10)9-12/h1-4,12-13,18H,5-9H2,(H,19,20)(H2,16,17,21)/t12?,13-/m0/s1. The Morgan fingerprint density at radius 2 is 2.00 bits per heavy atom. The van der Waals surface area contributed by atoms with Gasteiger partial charge in [-0.3, -0.25) is 0 Å². The summed E-state index contributed by atoms with van der Waals surface area (Å²) in [6.07, 6.45) is 2.49. The Bertz CT molecular complexity index is 518. The average molecular weight is 292 g/mol. The third kappa shape index (κ3) is 4.19. The topological polar surface area (TPSA) is 98.7 Å². The first-order chi connectivity index (χ1) is 10.1. The van der Waals surface area contributed by atoms with Crippen molar-refractivity contribution < 1.29 is 19.8 Å². The Morgan fingerprint density at radius 1 is 1.29 bits per heavy atom. The Kier molecular flexibility index (Phi) is 5.16. The minimum Gasteiger partial charge on any atom is -0.480 e. The molecule has 1 aromatic carbocycles. The molecule has 2 rings (SSSR count). The average Bonchev–Trinajstić information content (AvgIpc) is 2.46. The lowest BCUT2D eigenvalue weighted by Crippen LogP contribution is -2.50. The van der Waals surface area contributed by atoms with Crippen LogP contribution >= 0.6 is 0 Å². The van der Waals surface area contributed by atoms with Crippen molar-refractivity contribution in [1.29, 1.82) is 0 Å². The molecule has 6 nitrogen and oxygen atoms in total. The minimum atomic E-state index is -1.15. The zero-order chi connectivity index (χ0) is 15.2. The first kappa shape index (κ1) is 15.3.